The number of allylic oxidation sites excluding steroid dienone is 1. The molecule has 1 amide bonds. The third-order valence-electron chi connectivity index (χ3n) is 3.34. The number of carbonyl (C=O) groups is 1. The Balaban J connectivity index is 2.60. The minimum atomic E-state index is -1.28. The molecule has 7 nitrogen and oxygen atoms in total. The second-order valence-electron chi connectivity index (χ2n) is 5.09. The van der Waals surface area contributed by atoms with Gasteiger partial charge >= 0.3 is 0 Å². The second kappa shape index (κ2) is 9.11. The molecule has 1 aliphatic heterocycles. The molecule has 0 bridgehead atoms. The monoisotopic (exact) mass is 303 g/mol. The second-order valence-corrected chi connectivity index (χ2v) is 5.09. The maximum atomic E-state index is 11.2. The van der Waals surface area contributed by atoms with Crippen molar-refractivity contribution in [2.75, 3.05) is 13.2 Å². The van der Waals surface area contributed by atoms with E-state index in [2.05, 4.69) is 11.9 Å². The lowest BCUT2D eigenvalue weighted by Gasteiger charge is -2.42. The average Bonchev–Trinajstić information content (AvgIpc) is 2.45. The Morgan fingerprint density at radius 2 is 2.10 bits per heavy atom. The van der Waals surface area contributed by atoms with Crippen LogP contribution in [0.25, 0.3) is 0 Å². The van der Waals surface area contributed by atoms with Crippen LogP contribution in [0.3, 0.4) is 0 Å². The molecule has 0 aromatic rings. The smallest absolute Gasteiger partial charge is 0.217 e. The Bertz CT molecular complexity index is 337. The van der Waals surface area contributed by atoms with E-state index in [4.69, 9.17) is 14.6 Å². The van der Waals surface area contributed by atoms with E-state index in [1.54, 1.807) is 0 Å². The molecule has 5 atom stereocenters. The van der Waals surface area contributed by atoms with Gasteiger partial charge in [0.1, 0.15) is 24.4 Å². The predicted molar refractivity (Wildman–Crippen MR) is 75.4 cm³/mol. The number of aliphatic hydroxyl groups is 3. The van der Waals surface area contributed by atoms with Crippen LogP contribution in [0.15, 0.2) is 12.7 Å². The fourth-order valence-electron chi connectivity index (χ4n) is 2.20. The Kier molecular flexibility index (Phi) is 7.84. The first-order valence-electron chi connectivity index (χ1n) is 7.13. The van der Waals surface area contributed by atoms with Crippen LogP contribution < -0.4 is 5.32 Å². The minimum absolute atomic E-state index is 0.363. The number of rotatable bonds is 8. The molecule has 4 N–H and O–H groups in total. The molecule has 21 heavy (non-hydrogen) atoms. The largest absolute Gasteiger partial charge is 0.394 e. The molecule has 2 unspecified atom stereocenters. The molecule has 1 fully saturated rings. The fourth-order valence-corrected chi connectivity index (χ4v) is 2.20. The number of hydrogen-bond donors (Lipinski definition) is 4. The van der Waals surface area contributed by atoms with Crippen LogP contribution in [0, 0.1) is 0 Å². The maximum absolute atomic E-state index is 11.2. The zero-order chi connectivity index (χ0) is 15.8. The molecular formula is C14H25NO6. The first-order valence-corrected chi connectivity index (χ1v) is 7.13. The van der Waals surface area contributed by atoms with Gasteiger partial charge in [-0.2, -0.15) is 0 Å². The summed E-state index contributed by atoms with van der Waals surface area (Å²) in [6.07, 6.45) is -0.0117. The fraction of sp³-hybridized carbons (Fsp3) is 0.786. The van der Waals surface area contributed by atoms with Gasteiger partial charge in [-0.25, -0.2) is 0 Å². The van der Waals surface area contributed by atoms with E-state index in [0.717, 1.165) is 19.3 Å². The Hall–Kier alpha value is -0.990. The molecule has 1 heterocycles. The van der Waals surface area contributed by atoms with Gasteiger partial charge in [0, 0.05) is 13.5 Å². The van der Waals surface area contributed by atoms with E-state index in [1.165, 1.54) is 6.92 Å². The quantitative estimate of drug-likeness (QED) is 0.349. The highest BCUT2D eigenvalue weighted by Crippen LogP contribution is 2.22. The molecular weight excluding hydrogens is 278 g/mol. The number of ether oxygens (including phenoxy) is 2. The zero-order valence-electron chi connectivity index (χ0n) is 12.3. The van der Waals surface area contributed by atoms with Crippen LogP contribution in [0.4, 0.5) is 0 Å². The summed E-state index contributed by atoms with van der Waals surface area (Å²) in [4.78, 5) is 11.2. The first-order chi connectivity index (χ1) is 10.0. The predicted octanol–water partition coefficient (Wildman–Crippen LogP) is -0.697. The highest BCUT2D eigenvalue weighted by Gasteiger charge is 2.45. The Morgan fingerprint density at radius 3 is 2.67 bits per heavy atom. The van der Waals surface area contributed by atoms with Gasteiger partial charge in [-0.15, -0.1) is 6.58 Å². The molecule has 1 aliphatic rings. The van der Waals surface area contributed by atoms with Crippen molar-refractivity contribution in [3.63, 3.8) is 0 Å². The molecule has 0 saturated carbocycles. The summed E-state index contributed by atoms with van der Waals surface area (Å²) < 4.78 is 11.0. The van der Waals surface area contributed by atoms with Crippen LogP contribution in [0.2, 0.25) is 0 Å². The third-order valence-corrected chi connectivity index (χ3v) is 3.34. The van der Waals surface area contributed by atoms with Crippen LogP contribution in [0.1, 0.15) is 26.2 Å². The Morgan fingerprint density at radius 1 is 1.38 bits per heavy atom. The van der Waals surface area contributed by atoms with E-state index in [1.807, 2.05) is 6.08 Å². The maximum Gasteiger partial charge on any atom is 0.217 e. The number of hydrogen-bond acceptors (Lipinski definition) is 6. The summed E-state index contributed by atoms with van der Waals surface area (Å²) in [6, 6.07) is -0.875. The number of unbranched alkanes of at least 4 members (excludes halogenated alkanes) is 2. The van der Waals surface area contributed by atoms with Gasteiger partial charge in [-0.05, 0) is 19.3 Å². The van der Waals surface area contributed by atoms with Crippen molar-refractivity contribution in [2.45, 2.75) is 56.8 Å². The van der Waals surface area contributed by atoms with E-state index in [0.29, 0.717) is 6.61 Å². The van der Waals surface area contributed by atoms with Crippen LogP contribution in [-0.2, 0) is 14.3 Å². The van der Waals surface area contributed by atoms with Crippen LogP contribution >= 0.6 is 0 Å². The van der Waals surface area contributed by atoms with E-state index in [9.17, 15) is 15.0 Å². The highest BCUT2D eigenvalue weighted by atomic mass is 16.7. The van der Waals surface area contributed by atoms with Crippen molar-refractivity contribution in [1.82, 2.24) is 5.32 Å². The molecule has 1 saturated heterocycles. The van der Waals surface area contributed by atoms with Crippen molar-refractivity contribution < 1.29 is 29.6 Å². The average molecular weight is 303 g/mol. The van der Waals surface area contributed by atoms with Gasteiger partial charge < -0.3 is 30.1 Å². The summed E-state index contributed by atoms with van der Waals surface area (Å²) in [6.45, 7) is 4.88. The SMILES string of the molecule is C=CCCCCO[C@H]1OC(CO)[C@H](O)[C@H](O)C1NC(C)=O. The number of amides is 1. The van der Waals surface area contributed by atoms with E-state index < -0.39 is 37.3 Å². The van der Waals surface area contributed by atoms with Gasteiger partial charge in [0.05, 0.1) is 6.61 Å². The van der Waals surface area contributed by atoms with Crippen molar-refractivity contribution in [3.8, 4) is 0 Å². The molecule has 0 aromatic carbocycles. The highest BCUT2D eigenvalue weighted by molar-refractivity contribution is 5.73. The first kappa shape index (κ1) is 18.1. The topological polar surface area (TPSA) is 108 Å². The van der Waals surface area contributed by atoms with E-state index in [-0.39, 0.29) is 5.91 Å². The number of carbonyl (C=O) groups excluding carboxylic acids is 1. The van der Waals surface area contributed by atoms with Crippen molar-refractivity contribution in [2.24, 2.45) is 0 Å². The van der Waals surface area contributed by atoms with Crippen LogP contribution in [-0.4, -0.2) is 65.1 Å². The lowest BCUT2D eigenvalue weighted by molar-refractivity contribution is -0.270. The molecule has 1 rings (SSSR count). The van der Waals surface area contributed by atoms with Crippen molar-refractivity contribution in [3.05, 3.63) is 12.7 Å². The molecule has 0 radical (unpaired) electrons. The number of aliphatic hydroxyl groups excluding tert-OH is 3. The summed E-state index contributed by atoms with van der Waals surface area (Å²) in [5.74, 6) is -0.363. The van der Waals surface area contributed by atoms with Gasteiger partial charge in [0.25, 0.3) is 0 Å². The lowest BCUT2D eigenvalue weighted by Crippen LogP contribution is -2.64. The molecule has 0 spiro atoms. The standard InChI is InChI=1S/C14H25NO6/c1-3-4-5-6-7-20-14-11(15-9(2)17)13(19)12(18)10(8-16)21-14/h3,10-14,16,18-19H,1,4-8H2,2H3,(H,15,17)/t10?,11?,12-,13+,14-/m0/s1. The molecule has 0 aliphatic carbocycles. The summed E-state index contributed by atoms with van der Waals surface area (Å²) in [5.41, 5.74) is 0. The number of nitrogens with one attached hydrogen (secondary N) is 1. The zero-order valence-corrected chi connectivity index (χ0v) is 12.3. The van der Waals surface area contributed by atoms with E-state index >= 15 is 0 Å². The van der Waals surface area contributed by atoms with Gasteiger partial charge in [0.15, 0.2) is 6.29 Å². The third kappa shape index (κ3) is 5.37. The van der Waals surface area contributed by atoms with Gasteiger partial charge in [-0.3, -0.25) is 4.79 Å². The lowest BCUT2D eigenvalue weighted by atomic mass is 9.97. The minimum Gasteiger partial charge on any atom is -0.394 e. The molecule has 0 aromatic heterocycles. The Labute approximate surface area is 124 Å². The molecule has 122 valence electrons. The molecule has 7 heteroatoms. The van der Waals surface area contributed by atoms with Gasteiger partial charge in [-0.1, -0.05) is 6.08 Å². The van der Waals surface area contributed by atoms with Crippen molar-refractivity contribution in [1.29, 1.82) is 0 Å². The summed E-state index contributed by atoms with van der Waals surface area (Å²) in [7, 11) is 0. The summed E-state index contributed by atoms with van der Waals surface area (Å²) >= 11 is 0. The summed E-state index contributed by atoms with van der Waals surface area (Å²) in [5, 5.41) is 31.5. The van der Waals surface area contributed by atoms with Crippen molar-refractivity contribution >= 4 is 5.91 Å². The normalized spacial score (nSPS) is 32.7. The van der Waals surface area contributed by atoms with Crippen LogP contribution in [0.5, 0.6) is 0 Å². The van der Waals surface area contributed by atoms with Gasteiger partial charge in [0.2, 0.25) is 5.91 Å².